The number of aliphatic hydroxyl groups excluding tert-OH is 1. The van der Waals surface area contributed by atoms with Crippen LogP contribution in [0.15, 0.2) is 24.3 Å². The van der Waals surface area contributed by atoms with Crippen molar-refractivity contribution in [1.82, 2.24) is 0 Å². The average Bonchev–Trinajstić information content (AvgIpc) is 2.25. The van der Waals surface area contributed by atoms with E-state index in [0.717, 1.165) is 12.1 Å². The van der Waals surface area contributed by atoms with Crippen molar-refractivity contribution in [2.75, 3.05) is 13.2 Å². The molecule has 1 N–H and O–H groups in total. The Morgan fingerprint density at radius 2 is 2.06 bits per heavy atom. The minimum atomic E-state index is -4.39. The zero-order chi connectivity index (χ0) is 12.2. The number of alkyl halides is 3. The molecule has 1 atom stereocenters. The number of halogens is 3. The SMILES string of the molecule is CCOCC(O)c1cccc(C(F)(F)F)c1. The van der Waals surface area contributed by atoms with E-state index in [1.807, 2.05) is 0 Å². The number of hydrogen-bond donors (Lipinski definition) is 1. The molecule has 5 heteroatoms. The van der Waals surface area contributed by atoms with Gasteiger partial charge in [-0.1, -0.05) is 12.1 Å². The number of rotatable bonds is 4. The third-order valence-electron chi connectivity index (χ3n) is 2.08. The monoisotopic (exact) mass is 234 g/mol. The molecule has 0 aliphatic carbocycles. The van der Waals surface area contributed by atoms with Gasteiger partial charge in [0.25, 0.3) is 0 Å². The van der Waals surface area contributed by atoms with Gasteiger partial charge in [0.1, 0.15) is 6.10 Å². The first kappa shape index (κ1) is 13.0. The first-order valence-corrected chi connectivity index (χ1v) is 4.88. The fourth-order valence-electron chi connectivity index (χ4n) is 1.25. The van der Waals surface area contributed by atoms with Crippen molar-refractivity contribution in [2.45, 2.75) is 19.2 Å². The molecule has 16 heavy (non-hydrogen) atoms. The molecule has 1 aromatic rings. The lowest BCUT2D eigenvalue weighted by atomic mass is 10.1. The van der Waals surface area contributed by atoms with Crippen LogP contribution in [0.1, 0.15) is 24.2 Å². The van der Waals surface area contributed by atoms with Gasteiger partial charge in [0.2, 0.25) is 0 Å². The summed E-state index contributed by atoms with van der Waals surface area (Å²) in [5, 5.41) is 9.55. The van der Waals surface area contributed by atoms with Crippen molar-refractivity contribution in [3.05, 3.63) is 35.4 Å². The van der Waals surface area contributed by atoms with Crippen LogP contribution < -0.4 is 0 Å². The number of aliphatic hydroxyl groups is 1. The van der Waals surface area contributed by atoms with E-state index in [1.54, 1.807) is 6.92 Å². The first-order chi connectivity index (χ1) is 7.45. The molecular weight excluding hydrogens is 221 g/mol. The van der Waals surface area contributed by atoms with Crippen molar-refractivity contribution in [3.8, 4) is 0 Å². The summed E-state index contributed by atoms with van der Waals surface area (Å²) in [6, 6.07) is 4.62. The maximum atomic E-state index is 12.4. The Hall–Kier alpha value is -1.07. The fraction of sp³-hybridized carbons (Fsp3) is 0.455. The number of benzene rings is 1. The van der Waals surface area contributed by atoms with Crippen molar-refractivity contribution in [1.29, 1.82) is 0 Å². The summed E-state index contributed by atoms with van der Waals surface area (Å²) in [4.78, 5) is 0. The Labute approximate surface area is 91.7 Å². The van der Waals surface area contributed by atoms with E-state index in [-0.39, 0.29) is 12.2 Å². The van der Waals surface area contributed by atoms with Gasteiger partial charge in [-0.3, -0.25) is 0 Å². The van der Waals surface area contributed by atoms with Gasteiger partial charge in [0.05, 0.1) is 12.2 Å². The maximum Gasteiger partial charge on any atom is 0.416 e. The Kier molecular flexibility index (Phi) is 4.32. The minimum absolute atomic E-state index is 0.00217. The van der Waals surface area contributed by atoms with E-state index < -0.39 is 17.8 Å². The molecule has 90 valence electrons. The highest BCUT2D eigenvalue weighted by Crippen LogP contribution is 2.30. The first-order valence-electron chi connectivity index (χ1n) is 4.88. The van der Waals surface area contributed by atoms with Gasteiger partial charge in [-0.2, -0.15) is 13.2 Å². The van der Waals surface area contributed by atoms with E-state index in [9.17, 15) is 18.3 Å². The second kappa shape index (κ2) is 5.32. The smallest absolute Gasteiger partial charge is 0.386 e. The van der Waals surface area contributed by atoms with Crippen LogP contribution in [0.4, 0.5) is 13.2 Å². The predicted octanol–water partition coefficient (Wildman–Crippen LogP) is 2.78. The largest absolute Gasteiger partial charge is 0.416 e. The zero-order valence-corrected chi connectivity index (χ0v) is 8.79. The molecule has 0 aliphatic rings. The topological polar surface area (TPSA) is 29.5 Å². The summed E-state index contributed by atoms with van der Waals surface area (Å²) < 4.78 is 42.1. The molecule has 0 heterocycles. The molecule has 0 bridgehead atoms. The summed E-state index contributed by atoms with van der Waals surface area (Å²) >= 11 is 0. The Morgan fingerprint density at radius 3 is 2.62 bits per heavy atom. The lowest BCUT2D eigenvalue weighted by Gasteiger charge is -2.13. The summed E-state index contributed by atoms with van der Waals surface area (Å²) in [6.07, 6.45) is -5.41. The summed E-state index contributed by atoms with van der Waals surface area (Å²) in [7, 11) is 0. The third-order valence-corrected chi connectivity index (χ3v) is 2.08. The normalized spacial score (nSPS) is 13.8. The van der Waals surface area contributed by atoms with Crippen molar-refractivity contribution in [3.63, 3.8) is 0 Å². The summed E-state index contributed by atoms with van der Waals surface area (Å²) in [5.41, 5.74) is -0.552. The van der Waals surface area contributed by atoms with Crippen LogP contribution in [-0.2, 0) is 10.9 Å². The highest BCUT2D eigenvalue weighted by molar-refractivity contribution is 5.27. The summed E-state index contributed by atoms with van der Waals surface area (Å²) in [6.45, 7) is 2.16. The van der Waals surface area contributed by atoms with Crippen LogP contribution in [0.25, 0.3) is 0 Å². The van der Waals surface area contributed by atoms with Crippen LogP contribution in [0.5, 0.6) is 0 Å². The van der Waals surface area contributed by atoms with Gasteiger partial charge >= 0.3 is 6.18 Å². The van der Waals surface area contributed by atoms with Crippen LogP contribution in [0.3, 0.4) is 0 Å². The molecule has 0 saturated heterocycles. The highest BCUT2D eigenvalue weighted by atomic mass is 19.4. The molecule has 0 amide bonds. The molecule has 0 fully saturated rings. The van der Waals surface area contributed by atoms with E-state index in [0.29, 0.717) is 6.61 Å². The Balaban J connectivity index is 2.82. The lowest BCUT2D eigenvalue weighted by molar-refractivity contribution is -0.137. The number of hydrogen-bond acceptors (Lipinski definition) is 2. The second-order valence-electron chi connectivity index (χ2n) is 3.30. The van der Waals surface area contributed by atoms with Crippen LogP contribution in [0.2, 0.25) is 0 Å². The van der Waals surface area contributed by atoms with E-state index in [4.69, 9.17) is 4.74 Å². The van der Waals surface area contributed by atoms with Crippen LogP contribution in [0, 0.1) is 0 Å². The Morgan fingerprint density at radius 1 is 1.38 bits per heavy atom. The van der Waals surface area contributed by atoms with Gasteiger partial charge in [0.15, 0.2) is 0 Å². The third kappa shape index (κ3) is 3.50. The van der Waals surface area contributed by atoms with Crippen molar-refractivity contribution >= 4 is 0 Å². The molecule has 1 aromatic carbocycles. The molecule has 1 rings (SSSR count). The Bertz CT molecular complexity index is 336. The predicted molar refractivity (Wildman–Crippen MR) is 52.9 cm³/mol. The van der Waals surface area contributed by atoms with Gasteiger partial charge in [-0.25, -0.2) is 0 Å². The molecule has 0 spiro atoms. The highest BCUT2D eigenvalue weighted by Gasteiger charge is 2.30. The minimum Gasteiger partial charge on any atom is -0.386 e. The molecular formula is C11H13F3O2. The quantitative estimate of drug-likeness (QED) is 0.868. The lowest BCUT2D eigenvalue weighted by Crippen LogP contribution is -2.10. The molecule has 0 aromatic heterocycles. The molecule has 1 unspecified atom stereocenters. The van der Waals surface area contributed by atoms with Gasteiger partial charge in [-0.15, -0.1) is 0 Å². The van der Waals surface area contributed by atoms with E-state index in [2.05, 4.69) is 0 Å². The van der Waals surface area contributed by atoms with Crippen molar-refractivity contribution < 1.29 is 23.0 Å². The maximum absolute atomic E-state index is 12.4. The number of ether oxygens (including phenoxy) is 1. The van der Waals surface area contributed by atoms with Crippen molar-refractivity contribution in [2.24, 2.45) is 0 Å². The average molecular weight is 234 g/mol. The fourth-order valence-corrected chi connectivity index (χ4v) is 1.25. The standard InChI is InChI=1S/C11H13F3O2/c1-2-16-7-10(15)8-4-3-5-9(6-8)11(12,13)14/h3-6,10,15H,2,7H2,1H3. The van der Waals surface area contributed by atoms with E-state index >= 15 is 0 Å². The van der Waals surface area contributed by atoms with Gasteiger partial charge < -0.3 is 9.84 Å². The summed E-state index contributed by atoms with van der Waals surface area (Å²) in [5.74, 6) is 0. The van der Waals surface area contributed by atoms with Gasteiger partial charge in [-0.05, 0) is 24.6 Å². The van der Waals surface area contributed by atoms with Crippen LogP contribution in [-0.4, -0.2) is 18.3 Å². The van der Waals surface area contributed by atoms with E-state index in [1.165, 1.54) is 12.1 Å². The zero-order valence-electron chi connectivity index (χ0n) is 8.79. The second-order valence-corrected chi connectivity index (χ2v) is 3.30. The van der Waals surface area contributed by atoms with Crippen LogP contribution >= 0.6 is 0 Å². The molecule has 0 saturated carbocycles. The van der Waals surface area contributed by atoms with Gasteiger partial charge in [0, 0.05) is 6.61 Å². The molecule has 2 nitrogen and oxygen atoms in total. The molecule has 0 radical (unpaired) electrons. The molecule has 0 aliphatic heterocycles.